The Labute approximate surface area is 192 Å². The van der Waals surface area contributed by atoms with Gasteiger partial charge in [-0.15, -0.1) is 0 Å². The Morgan fingerprint density at radius 3 is 2.37 bits per heavy atom. The Kier molecular flexibility index (Phi) is 8.67. The summed E-state index contributed by atoms with van der Waals surface area (Å²) in [6, 6.07) is 10.3. The molecule has 0 heterocycles. The number of carbonyl (C=O) groups excluding carboxylic acids is 1. The van der Waals surface area contributed by atoms with Gasteiger partial charge >= 0.3 is 0 Å². The SMILES string of the molecule is CC(C)c1ccccc1OCCNC(=O)CN(c1cc(Cl)c(Cl)cc1Cl)S(C)(=O)=O. The van der Waals surface area contributed by atoms with Gasteiger partial charge in [0, 0.05) is 0 Å². The highest BCUT2D eigenvalue weighted by molar-refractivity contribution is 7.92. The maximum Gasteiger partial charge on any atom is 0.240 e. The van der Waals surface area contributed by atoms with Crippen molar-refractivity contribution in [3.05, 3.63) is 57.0 Å². The van der Waals surface area contributed by atoms with Gasteiger partial charge < -0.3 is 10.1 Å². The second-order valence-corrected chi connectivity index (χ2v) is 10.0. The zero-order valence-corrected chi connectivity index (χ0v) is 19.9. The van der Waals surface area contributed by atoms with Crippen LogP contribution in [-0.4, -0.2) is 40.3 Å². The van der Waals surface area contributed by atoms with Crippen molar-refractivity contribution < 1.29 is 17.9 Å². The fraction of sp³-hybridized carbons (Fsp3) is 0.350. The highest BCUT2D eigenvalue weighted by Gasteiger charge is 2.24. The van der Waals surface area contributed by atoms with Crippen LogP contribution in [0.1, 0.15) is 25.3 Å². The summed E-state index contributed by atoms with van der Waals surface area (Å²) in [6.07, 6.45) is 0.977. The lowest BCUT2D eigenvalue weighted by molar-refractivity contribution is -0.119. The first-order valence-corrected chi connectivity index (χ1v) is 12.1. The van der Waals surface area contributed by atoms with Gasteiger partial charge in [0.2, 0.25) is 15.9 Å². The fourth-order valence-corrected chi connectivity index (χ4v) is 4.26. The van der Waals surface area contributed by atoms with Gasteiger partial charge in [0.05, 0.1) is 33.6 Å². The van der Waals surface area contributed by atoms with Crippen molar-refractivity contribution in [3.8, 4) is 5.75 Å². The third-order valence-electron chi connectivity index (χ3n) is 4.17. The van der Waals surface area contributed by atoms with Crippen molar-refractivity contribution in [2.45, 2.75) is 19.8 Å². The minimum atomic E-state index is -3.80. The molecule has 2 aromatic carbocycles. The molecule has 0 aliphatic heterocycles. The van der Waals surface area contributed by atoms with Crippen molar-refractivity contribution in [3.63, 3.8) is 0 Å². The number of rotatable bonds is 9. The van der Waals surface area contributed by atoms with E-state index in [1.165, 1.54) is 12.1 Å². The first-order chi connectivity index (χ1) is 14.0. The average molecular weight is 494 g/mol. The number of hydrogen-bond donors (Lipinski definition) is 1. The predicted octanol–water partition coefficient (Wildman–Crippen LogP) is 4.73. The zero-order chi connectivity index (χ0) is 22.5. The molecule has 0 spiro atoms. The van der Waals surface area contributed by atoms with Crippen LogP contribution in [0.3, 0.4) is 0 Å². The monoisotopic (exact) mass is 492 g/mol. The summed E-state index contributed by atoms with van der Waals surface area (Å²) >= 11 is 18.0. The van der Waals surface area contributed by atoms with Crippen LogP contribution in [0.5, 0.6) is 5.75 Å². The summed E-state index contributed by atoms with van der Waals surface area (Å²) in [5.74, 6) is 0.542. The second kappa shape index (κ2) is 10.6. The van der Waals surface area contributed by atoms with E-state index in [9.17, 15) is 13.2 Å². The number of ether oxygens (including phenoxy) is 1. The zero-order valence-electron chi connectivity index (χ0n) is 16.8. The summed E-state index contributed by atoms with van der Waals surface area (Å²) < 4.78 is 31.1. The van der Waals surface area contributed by atoms with E-state index in [2.05, 4.69) is 19.2 Å². The Morgan fingerprint density at radius 1 is 1.10 bits per heavy atom. The average Bonchev–Trinajstić information content (AvgIpc) is 2.66. The van der Waals surface area contributed by atoms with E-state index in [0.717, 1.165) is 21.9 Å². The molecule has 0 atom stereocenters. The van der Waals surface area contributed by atoms with Gasteiger partial charge in [-0.05, 0) is 29.7 Å². The standard InChI is InChI=1S/C20H23Cl3N2O4S/c1-13(2)14-6-4-5-7-19(14)29-9-8-24-20(26)12-25(30(3,27)28)18-11-16(22)15(21)10-17(18)23/h4-7,10-11,13H,8-9,12H2,1-3H3,(H,24,26). The molecular weight excluding hydrogens is 471 g/mol. The van der Waals surface area contributed by atoms with E-state index < -0.39 is 22.5 Å². The first kappa shape index (κ1) is 24.6. The Balaban J connectivity index is 2.00. The molecule has 0 unspecified atom stereocenters. The Hall–Kier alpha value is -1.67. The summed E-state index contributed by atoms with van der Waals surface area (Å²) in [5.41, 5.74) is 1.15. The minimum absolute atomic E-state index is 0.0660. The number of para-hydroxylation sites is 1. The van der Waals surface area contributed by atoms with Gasteiger partial charge in [-0.1, -0.05) is 66.8 Å². The lowest BCUT2D eigenvalue weighted by Gasteiger charge is -2.23. The summed E-state index contributed by atoms with van der Waals surface area (Å²) in [4.78, 5) is 12.3. The maximum atomic E-state index is 12.3. The number of amides is 1. The molecule has 2 aromatic rings. The van der Waals surface area contributed by atoms with E-state index in [4.69, 9.17) is 39.5 Å². The van der Waals surface area contributed by atoms with Gasteiger partial charge in [0.15, 0.2) is 0 Å². The van der Waals surface area contributed by atoms with Crippen LogP contribution in [0.15, 0.2) is 36.4 Å². The number of benzene rings is 2. The van der Waals surface area contributed by atoms with E-state index in [1.807, 2.05) is 24.3 Å². The molecule has 0 aliphatic carbocycles. The molecule has 1 N–H and O–H groups in total. The van der Waals surface area contributed by atoms with Gasteiger partial charge in [0.25, 0.3) is 0 Å². The third kappa shape index (κ3) is 6.67. The second-order valence-electron chi connectivity index (χ2n) is 6.88. The van der Waals surface area contributed by atoms with Crippen LogP contribution in [0, 0.1) is 0 Å². The molecule has 1 amide bonds. The van der Waals surface area contributed by atoms with Crippen molar-refractivity contribution in [2.75, 3.05) is 30.3 Å². The normalized spacial score (nSPS) is 11.4. The summed E-state index contributed by atoms with van der Waals surface area (Å²) in [5, 5.41) is 3.02. The number of halogens is 3. The van der Waals surface area contributed by atoms with Gasteiger partial charge in [-0.2, -0.15) is 0 Å². The predicted molar refractivity (Wildman–Crippen MR) is 123 cm³/mol. The molecule has 0 saturated heterocycles. The molecular formula is C20H23Cl3N2O4S. The summed E-state index contributed by atoms with van der Waals surface area (Å²) in [6.45, 7) is 4.12. The Bertz CT molecular complexity index is 1010. The van der Waals surface area contributed by atoms with Crippen molar-refractivity contribution in [2.24, 2.45) is 0 Å². The van der Waals surface area contributed by atoms with Crippen molar-refractivity contribution in [1.29, 1.82) is 0 Å². The smallest absolute Gasteiger partial charge is 0.240 e. The first-order valence-electron chi connectivity index (χ1n) is 9.11. The maximum absolute atomic E-state index is 12.3. The number of anilines is 1. The van der Waals surface area contributed by atoms with E-state index in [-0.39, 0.29) is 33.9 Å². The van der Waals surface area contributed by atoms with Crippen LogP contribution in [-0.2, 0) is 14.8 Å². The largest absolute Gasteiger partial charge is 0.491 e. The van der Waals surface area contributed by atoms with E-state index in [1.54, 1.807) is 0 Å². The quantitative estimate of drug-likeness (QED) is 0.405. The lowest BCUT2D eigenvalue weighted by atomic mass is 10.0. The molecule has 0 aliphatic rings. The molecule has 0 bridgehead atoms. The Morgan fingerprint density at radius 2 is 1.73 bits per heavy atom. The molecule has 0 radical (unpaired) electrons. The van der Waals surface area contributed by atoms with Gasteiger partial charge in [-0.3, -0.25) is 9.10 Å². The topological polar surface area (TPSA) is 75.7 Å². The lowest BCUT2D eigenvalue weighted by Crippen LogP contribution is -2.41. The molecule has 0 aromatic heterocycles. The van der Waals surface area contributed by atoms with Crippen LogP contribution >= 0.6 is 34.8 Å². The van der Waals surface area contributed by atoms with Gasteiger partial charge in [0.1, 0.15) is 18.9 Å². The van der Waals surface area contributed by atoms with Crippen molar-refractivity contribution >= 4 is 56.4 Å². The van der Waals surface area contributed by atoms with Crippen molar-refractivity contribution in [1.82, 2.24) is 5.32 Å². The minimum Gasteiger partial charge on any atom is -0.491 e. The highest BCUT2D eigenvalue weighted by atomic mass is 35.5. The molecule has 164 valence electrons. The number of sulfonamides is 1. The number of carbonyl (C=O) groups is 1. The molecule has 0 saturated carbocycles. The van der Waals surface area contributed by atoms with Crippen LogP contribution in [0.25, 0.3) is 0 Å². The van der Waals surface area contributed by atoms with Crippen LogP contribution in [0.2, 0.25) is 15.1 Å². The van der Waals surface area contributed by atoms with Crippen LogP contribution in [0.4, 0.5) is 5.69 Å². The number of nitrogens with one attached hydrogen (secondary N) is 1. The highest BCUT2D eigenvalue weighted by Crippen LogP contribution is 2.35. The van der Waals surface area contributed by atoms with Gasteiger partial charge in [-0.25, -0.2) is 8.42 Å². The fourth-order valence-electron chi connectivity index (χ4n) is 2.71. The molecule has 6 nitrogen and oxygen atoms in total. The van der Waals surface area contributed by atoms with E-state index >= 15 is 0 Å². The summed E-state index contributed by atoms with van der Waals surface area (Å²) in [7, 11) is -3.80. The number of nitrogens with zero attached hydrogens (tertiary/aromatic N) is 1. The number of hydrogen-bond acceptors (Lipinski definition) is 4. The molecule has 30 heavy (non-hydrogen) atoms. The van der Waals surface area contributed by atoms with Crippen LogP contribution < -0.4 is 14.4 Å². The molecule has 10 heteroatoms. The third-order valence-corrected chi connectivity index (χ3v) is 6.32. The van der Waals surface area contributed by atoms with E-state index in [0.29, 0.717) is 5.92 Å². The molecule has 2 rings (SSSR count). The molecule has 0 fully saturated rings.